The molecule has 6 heteroatoms. The number of rotatable bonds is 4. The summed E-state index contributed by atoms with van der Waals surface area (Å²) in [7, 11) is 0. The zero-order valence-electron chi connectivity index (χ0n) is 11.8. The van der Waals surface area contributed by atoms with Crippen molar-refractivity contribution < 1.29 is 9.90 Å². The SMILES string of the molecule is O=C([O-])C/C(=C\c1cccc(Cl)c1Cl)c1nc2ccccc2s1. The van der Waals surface area contributed by atoms with Gasteiger partial charge in [-0.3, -0.25) is 0 Å². The monoisotopic (exact) mass is 362 g/mol. The van der Waals surface area contributed by atoms with Gasteiger partial charge in [-0.2, -0.15) is 0 Å². The first kappa shape index (κ1) is 16.0. The molecule has 0 radical (unpaired) electrons. The van der Waals surface area contributed by atoms with Gasteiger partial charge in [-0.25, -0.2) is 4.98 Å². The van der Waals surface area contributed by atoms with Crippen LogP contribution in [0.15, 0.2) is 42.5 Å². The molecule has 0 saturated carbocycles. The highest BCUT2D eigenvalue weighted by Crippen LogP contribution is 2.33. The molecule has 2 aromatic carbocycles. The Morgan fingerprint density at radius 3 is 2.70 bits per heavy atom. The molecule has 116 valence electrons. The van der Waals surface area contributed by atoms with Gasteiger partial charge in [0.1, 0.15) is 5.01 Å². The molecule has 0 aliphatic heterocycles. The Kier molecular flexibility index (Phi) is 4.66. The van der Waals surface area contributed by atoms with Crippen molar-refractivity contribution in [2.24, 2.45) is 0 Å². The largest absolute Gasteiger partial charge is 0.550 e. The fourth-order valence-corrected chi connectivity index (χ4v) is 3.51. The summed E-state index contributed by atoms with van der Waals surface area (Å²) in [6, 6.07) is 12.9. The summed E-state index contributed by atoms with van der Waals surface area (Å²) in [4.78, 5) is 15.6. The molecule has 0 spiro atoms. The van der Waals surface area contributed by atoms with E-state index in [9.17, 15) is 9.90 Å². The van der Waals surface area contributed by atoms with Gasteiger partial charge in [0.2, 0.25) is 0 Å². The number of aliphatic carboxylic acids is 1. The van der Waals surface area contributed by atoms with Crippen LogP contribution in [-0.2, 0) is 4.79 Å². The van der Waals surface area contributed by atoms with Gasteiger partial charge in [-0.15, -0.1) is 11.3 Å². The maximum atomic E-state index is 11.1. The third-order valence-electron chi connectivity index (χ3n) is 3.21. The summed E-state index contributed by atoms with van der Waals surface area (Å²) in [6.45, 7) is 0. The number of hydrogen-bond acceptors (Lipinski definition) is 4. The fourth-order valence-electron chi connectivity index (χ4n) is 2.17. The zero-order valence-corrected chi connectivity index (χ0v) is 14.1. The molecule has 1 heterocycles. The predicted octanol–water partition coefficient (Wildman–Crippen LogP) is 4.28. The highest BCUT2D eigenvalue weighted by atomic mass is 35.5. The smallest absolute Gasteiger partial charge is 0.120 e. The van der Waals surface area contributed by atoms with E-state index < -0.39 is 5.97 Å². The number of thiazole rings is 1. The first-order valence-corrected chi connectivity index (χ1v) is 8.32. The Bertz CT molecular complexity index is 885. The number of halogens is 2. The van der Waals surface area contributed by atoms with Crippen molar-refractivity contribution >= 4 is 62.4 Å². The molecule has 3 rings (SSSR count). The van der Waals surface area contributed by atoms with E-state index >= 15 is 0 Å². The number of benzene rings is 2. The number of carbonyl (C=O) groups excluding carboxylic acids is 1. The van der Waals surface area contributed by atoms with Gasteiger partial charge in [0.15, 0.2) is 0 Å². The molecule has 0 atom stereocenters. The Balaban J connectivity index is 2.12. The lowest BCUT2D eigenvalue weighted by atomic mass is 10.1. The number of nitrogens with zero attached hydrogens (tertiary/aromatic N) is 1. The van der Waals surface area contributed by atoms with Gasteiger partial charge in [0, 0.05) is 12.4 Å². The minimum absolute atomic E-state index is 0.247. The van der Waals surface area contributed by atoms with Crippen LogP contribution >= 0.6 is 34.5 Å². The lowest BCUT2D eigenvalue weighted by Crippen LogP contribution is -2.22. The Morgan fingerprint density at radius 1 is 1.17 bits per heavy atom. The second kappa shape index (κ2) is 6.71. The summed E-state index contributed by atoms with van der Waals surface area (Å²) < 4.78 is 0.990. The van der Waals surface area contributed by atoms with Gasteiger partial charge in [0.05, 0.1) is 20.3 Å². The number of carboxylic acids is 1. The number of para-hydroxylation sites is 1. The minimum atomic E-state index is -1.17. The standard InChI is InChI=1S/C17H11Cl2NO2S/c18-12-5-3-4-10(16(12)19)8-11(9-15(21)22)17-20-13-6-1-2-7-14(13)23-17/h1-8H,9H2,(H,21,22)/p-1/b11-8+. The van der Waals surface area contributed by atoms with Crippen molar-refractivity contribution in [2.75, 3.05) is 0 Å². The van der Waals surface area contributed by atoms with Crippen molar-refractivity contribution in [1.82, 2.24) is 4.98 Å². The second-order valence-electron chi connectivity index (χ2n) is 4.85. The van der Waals surface area contributed by atoms with Crippen LogP contribution in [0.25, 0.3) is 21.9 Å². The second-order valence-corrected chi connectivity index (χ2v) is 6.66. The van der Waals surface area contributed by atoms with E-state index in [1.807, 2.05) is 24.3 Å². The Labute approximate surface area is 146 Å². The van der Waals surface area contributed by atoms with Crippen LogP contribution < -0.4 is 5.11 Å². The first-order valence-electron chi connectivity index (χ1n) is 6.75. The molecule has 0 amide bonds. The normalized spacial score (nSPS) is 11.8. The van der Waals surface area contributed by atoms with Crippen molar-refractivity contribution in [3.05, 3.63) is 63.1 Å². The van der Waals surface area contributed by atoms with E-state index in [0.29, 0.717) is 26.2 Å². The summed E-state index contributed by atoms with van der Waals surface area (Å²) in [5.74, 6) is -1.17. The molecule has 0 aliphatic rings. The molecule has 0 unspecified atom stereocenters. The topological polar surface area (TPSA) is 53.0 Å². The summed E-state index contributed by atoms with van der Waals surface area (Å²) in [5.41, 5.74) is 2.01. The van der Waals surface area contributed by atoms with Gasteiger partial charge in [-0.1, -0.05) is 47.5 Å². The zero-order chi connectivity index (χ0) is 16.4. The van der Waals surface area contributed by atoms with Crippen molar-refractivity contribution in [1.29, 1.82) is 0 Å². The maximum Gasteiger partial charge on any atom is 0.120 e. The molecular formula is C17H10Cl2NO2S-. The molecule has 0 saturated heterocycles. The highest BCUT2D eigenvalue weighted by Gasteiger charge is 2.11. The number of aromatic nitrogens is 1. The molecule has 3 nitrogen and oxygen atoms in total. The predicted molar refractivity (Wildman–Crippen MR) is 93.6 cm³/mol. The summed E-state index contributed by atoms with van der Waals surface area (Å²) in [5, 5.41) is 12.5. The van der Waals surface area contributed by atoms with Crippen molar-refractivity contribution in [2.45, 2.75) is 6.42 Å². The maximum absolute atomic E-state index is 11.1. The third-order valence-corrected chi connectivity index (χ3v) is 5.16. The summed E-state index contributed by atoms with van der Waals surface area (Å²) >= 11 is 13.6. The van der Waals surface area contributed by atoms with E-state index in [0.717, 1.165) is 10.2 Å². The Hall–Kier alpha value is -1.88. The fraction of sp³-hybridized carbons (Fsp3) is 0.0588. The quantitative estimate of drug-likeness (QED) is 0.695. The average molecular weight is 363 g/mol. The minimum Gasteiger partial charge on any atom is -0.550 e. The molecule has 3 aromatic rings. The van der Waals surface area contributed by atoms with Crippen LogP contribution in [0.1, 0.15) is 17.0 Å². The molecule has 0 N–H and O–H groups in total. The van der Waals surface area contributed by atoms with Gasteiger partial charge < -0.3 is 9.90 Å². The summed E-state index contributed by atoms with van der Waals surface area (Å²) in [6.07, 6.45) is 1.45. The Morgan fingerprint density at radius 2 is 1.96 bits per heavy atom. The first-order chi connectivity index (χ1) is 11.0. The highest BCUT2D eigenvalue weighted by molar-refractivity contribution is 7.19. The number of carboxylic acid groups (broad SMARTS) is 1. The number of fused-ring (bicyclic) bond motifs is 1. The van der Waals surface area contributed by atoms with E-state index in [1.165, 1.54) is 11.3 Å². The van der Waals surface area contributed by atoms with Gasteiger partial charge in [-0.05, 0) is 35.4 Å². The van der Waals surface area contributed by atoms with E-state index in [-0.39, 0.29) is 6.42 Å². The molecule has 0 bridgehead atoms. The molecule has 23 heavy (non-hydrogen) atoms. The van der Waals surface area contributed by atoms with Gasteiger partial charge in [0.25, 0.3) is 0 Å². The molecular weight excluding hydrogens is 353 g/mol. The third kappa shape index (κ3) is 3.55. The lowest BCUT2D eigenvalue weighted by Gasteiger charge is -2.07. The van der Waals surface area contributed by atoms with Crippen LogP contribution in [0.3, 0.4) is 0 Å². The molecule has 1 aromatic heterocycles. The average Bonchev–Trinajstić information content (AvgIpc) is 2.94. The lowest BCUT2D eigenvalue weighted by molar-refractivity contribution is -0.304. The van der Waals surface area contributed by atoms with Crippen LogP contribution in [0.5, 0.6) is 0 Å². The van der Waals surface area contributed by atoms with E-state index in [2.05, 4.69) is 4.98 Å². The van der Waals surface area contributed by atoms with Crippen molar-refractivity contribution in [3.63, 3.8) is 0 Å². The van der Waals surface area contributed by atoms with Crippen LogP contribution in [0, 0.1) is 0 Å². The van der Waals surface area contributed by atoms with Gasteiger partial charge >= 0.3 is 0 Å². The van der Waals surface area contributed by atoms with E-state index in [1.54, 1.807) is 24.3 Å². The van der Waals surface area contributed by atoms with E-state index in [4.69, 9.17) is 23.2 Å². The van der Waals surface area contributed by atoms with Crippen LogP contribution in [0.4, 0.5) is 0 Å². The number of hydrogen-bond donors (Lipinski definition) is 0. The van der Waals surface area contributed by atoms with Crippen LogP contribution in [0.2, 0.25) is 10.0 Å². The number of carbonyl (C=O) groups is 1. The molecule has 0 aliphatic carbocycles. The van der Waals surface area contributed by atoms with Crippen LogP contribution in [-0.4, -0.2) is 11.0 Å². The molecule has 0 fully saturated rings. The van der Waals surface area contributed by atoms with Crippen molar-refractivity contribution in [3.8, 4) is 0 Å².